The van der Waals surface area contributed by atoms with E-state index in [9.17, 15) is 9.59 Å². The van der Waals surface area contributed by atoms with Crippen LogP contribution in [0.4, 0.5) is 10.5 Å². The van der Waals surface area contributed by atoms with Gasteiger partial charge in [0, 0.05) is 37.6 Å². The molecule has 0 aromatic heterocycles. The highest BCUT2D eigenvalue weighted by Crippen LogP contribution is 2.40. The lowest BCUT2D eigenvalue weighted by atomic mass is 9.93. The molecule has 6 nitrogen and oxygen atoms in total. The molecule has 2 aliphatic rings. The Morgan fingerprint density at radius 2 is 1.86 bits per heavy atom. The van der Waals surface area contributed by atoms with Gasteiger partial charge in [-0.15, -0.1) is 0 Å². The van der Waals surface area contributed by atoms with E-state index in [1.807, 2.05) is 25.7 Å². The number of carbonyl (C=O) groups excluding carboxylic acids is 2. The van der Waals surface area contributed by atoms with Gasteiger partial charge in [0.1, 0.15) is 5.60 Å². The molecule has 0 spiro atoms. The first-order valence-electron chi connectivity index (χ1n) is 9.81. The Hall–Kier alpha value is -1.60. The topological polar surface area (TPSA) is 59.1 Å². The fraction of sp³-hybridized carbons (Fsp3) is 0.619. The highest BCUT2D eigenvalue weighted by Gasteiger charge is 2.31. The third kappa shape index (κ3) is 4.51. The first-order valence-corrected chi connectivity index (χ1v) is 10.6. The lowest BCUT2D eigenvalue weighted by Gasteiger charge is -2.32. The van der Waals surface area contributed by atoms with Crippen molar-refractivity contribution in [3.8, 4) is 0 Å². The fourth-order valence-electron chi connectivity index (χ4n) is 3.81. The summed E-state index contributed by atoms with van der Waals surface area (Å²) in [7, 11) is 1.65. The van der Waals surface area contributed by atoms with Gasteiger partial charge in [-0.25, -0.2) is 4.79 Å². The van der Waals surface area contributed by atoms with E-state index in [0.29, 0.717) is 32.7 Å². The number of hydrogen-bond donors (Lipinski definition) is 0. The number of benzene rings is 1. The minimum atomic E-state index is -0.502. The zero-order valence-electron chi connectivity index (χ0n) is 17.1. The van der Waals surface area contributed by atoms with E-state index in [1.165, 1.54) is 16.7 Å². The molecule has 28 heavy (non-hydrogen) atoms. The van der Waals surface area contributed by atoms with Crippen molar-refractivity contribution in [3.63, 3.8) is 0 Å². The fourth-order valence-corrected chi connectivity index (χ4v) is 4.73. The van der Waals surface area contributed by atoms with Crippen molar-refractivity contribution in [2.24, 2.45) is 0 Å². The number of hydrogen-bond acceptors (Lipinski definition) is 4. The van der Waals surface area contributed by atoms with Crippen LogP contribution >= 0.6 is 15.9 Å². The quantitative estimate of drug-likeness (QED) is 0.700. The monoisotopic (exact) mass is 452 g/mol. The third-order valence-electron chi connectivity index (χ3n) is 5.15. The first kappa shape index (κ1) is 21.1. The Bertz CT molecular complexity index is 773. The molecule has 0 N–H and O–H groups in total. The van der Waals surface area contributed by atoms with Gasteiger partial charge in [-0.2, -0.15) is 0 Å². The minimum Gasteiger partial charge on any atom is -0.444 e. The van der Waals surface area contributed by atoms with E-state index in [0.717, 1.165) is 29.4 Å². The van der Waals surface area contributed by atoms with Crippen molar-refractivity contribution < 1.29 is 19.1 Å². The van der Waals surface area contributed by atoms with Crippen molar-refractivity contribution in [3.05, 3.63) is 27.2 Å². The van der Waals surface area contributed by atoms with Crippen LogP contribution in [0.3, 0.4) is 0 Å². The van der Waals surface area contributed by atoms with Crippen molar-refractivity contribution in [1.29, 1.82) is 0 Å². The normalized spacial score (nSPS) is 17.1. The molecule has 0 radical (unpaired) electrons. The zero-order valence-corrected chi connectivity index (χ0v) is 18.7. The standard InChI is InChI=1S/C21H29BrN2O4/c1-21(2,3)28-20(26)23-9-7-14-13-15-5-6-17(25)24(11-12-27-4)19(15)18(22)16(14)8-10-23/h13H,5-12H2,1-4H3. The molecular weight excluding hydrogens is 424 g/mol. The number of rotatable bonds is 3. The number of halogens is 1. The summed E-state index contributed by atoms with van der Waals surface area (Å²) in [4.78, 5) is 28.6. The lowest BCUT2D eigenvalue weighted by Crippen LogP contribution is -2.38. The van der Waals surface area contributed by atoms with Crippen LogP contribution in [0, 0.1) is 0 Å². The van der Waals surface area contributed by atoms with E-state index in [1.54, 1.807) is 12.0 Å². The van der Waals surface area contributed by atoms with Crippen LogP contribution in [-0.4, -0.2) is 55.9 Å². The van der Waals surface area contributed by atoms with Crippen LogP contribution in [0.5, 0.6) is 0 Å². The van der Waals surface area contributed by atoms with Gasteiger partial charge in [-0.3, -0.25) is 4.79 Å². The molecule has 2 aliphatic heterocycles. The number of anilines is 1. The van der Waals surface area contributed by atoms with E-state index >= 15 is 0 Å². The summed E-state index contributed by atoms with van der Waals surface area (Å²) in [6.07, 6.45) is 2.52. The average molecular weight is 453 g/mol. The molecule has 2 amide bonds. The second-order valence-corrected chi connectivity index (χ2v) is 9.13. The number of methoxy groups -OCH3 is 1. The summed E-state index contributed by atoms with van der Waals surface area (Å²) in [6, 6.07) is 2.22. The van der Waals surface area contributed by atoms with Crippen LogP contribution in [0.25, 0.3) is 0 Å². The van der Waals surface area contributed by atoms with Crippen molar-refractivity contribution >= 4 is 33.6 Å². The van der Waals surface area contributed by atoms with Gasteiger partial charge in [0.05, 0.1) is 12.3 Å². The van der Waals surface area contributed by atoms with Crippen LogP contribution in [0.2, 0.25) is 0 Å². The maximum Gasteiger partial charge on any atom is 0.410 e. The second kappa shape index (κ2) is 8.41. The Labute approximate surface area is 175 Å². The van der Waals surface area contributed by atoms with Gasteiger partial charge in [0.25, 0.3) is 0 Å². The average Bonchev–Trinajstić information content (AvgIpc) is 2.83. The van der Waals surface area contributed by atoms with Gasteiger partial charge < -0.3 is 19.3 Å². The number of amides is 2. The van der Waals surface area contributed by atoms with Crippen molar-refractivity contribution in [2.75, 3.05) is 38.3 Å². The highest BCUT2D eigenvalue weighted by atomic mass is 79.9. The van der Waals surface area contributed by atoms with Crippen LogP contribution in [0.1, 0.15) is 43.9 Å². The molecule has 0 aliphatic carbocycles. The summed E-state index contributed by atoms with van der Waals surface area (Å²) in [5.74, 6) is 0.134. The summed E-state index contributed by atoms with van der Waals surface area (Å²) >= 11 is 3.78. The first-order chi connectivity index (χ1) is 13.2. The van der Waals surface area contributed by atoms with E-state index < -0.39 is 5.60 Å². The summed E-state index contributed by atoms with van der Waals surface area (Å²) in [5.41, 5.74) is 4.09. The smallest absolute Gasteiger partial charge is 0.410 e. The lowest BCUT2D eigenvalue weighted by molar-refractivity contribution is -0.119. The molecule has 2 heterocycles. The highest BCUT2D eigenvalue weighted by molar-refractivity contribution is 9.10. The van der Waals surface area contributed by atoms with Gasteiger partial charge in [-0.1, -0.05) is 6.07 Å². The molecule has 3 rings (SSSR count). The van der Waals surface area contributed by atoms with E-state index in [4.69, 9.17) is 9.47 Å². The second-order valence-electron chi connectivity index (χ2n) is 8.34. The van der Waals surface area contributed by atoms with Crippen LogP contribution in [0.15, 0.2) is 10.5 Å². The van der Waals surface area contributed by atoms with Crippen molar-refractivity contribution in [1.82, 2.24) is 4.90 Å². The Morgan fingerprint density at radius 1 is 1.14 bits per heavy atom. The number of carbonyl (C=O) groups is 2. The van der Waals surface area contributed by atoms with Crippen molar-refractivity contribution in [2.45, 2.75) is 52.1 Å². The Balaban J connectivity index is 1.87. The van der Waals surface area contributed by atoms with Gasteiger partial charge in [0.2, 0.25) is 5.91 Å². The summed E-state index contributed by atoms with van der Waals surface area (Å²) < 4.78 is 11.7. The van der Waals surface area contributed by atoms with E-state index in [2.05, 4.69) is 22.0 Å². The molecule has 0 fully saturated rings. The Morgan fingerprint density at radius 3 is 2.54 bits per heavy atom. The Kier molecular flexibility index (Phi) is 6.34. The van der Waals surface area contributed by atoms with Gasteiger partial charge >= 0.3 is 6.09 Å². The molecule has 154 valence electrons. The molecule has 0 atom stereocenters. The number of fused-ring (bicyclic) bond motifs is 2. The molecule has 0 bridgehead atoms. The minimum absolute atomic E-state index is 0.134. The SMILES string of the molecule is COCCN1C(=O)CCc2cc3c(c(Br)c21)CCN(C(=O)OC(C)(C)C)CC3. The molecule has 1 aromatic rings. The molecule has 0 unspecified atom stereocenters. The third-order valence-corrected chi connectivity index (χ3v) is 6.00. The number of nitrogens with zero attached hydrogens (tertiary/aromatic N) is 2. The summed E-state index contributed by atoms with van der Waals surface area (Å²) in [5, 5.41) is 0. The van der Waals surface area contributed by atoms with Gasteiger partial charge in [0.15, 0.2) is 0 Å². The number of ether oxygens (including phenoxy) is 2. The molecule has 7 heteroatoms. The predicted molar refractivity (Wildman–Crippen MR) is 112 cm³/mol. The molecular formula is C21H29BrN2O4. The predicted octanol–water partition coefficient (Wildman–Crippen LogP) is 3.71. The molecule has 1 aromatic carbocycles. The summed E-state index contributed by atoms with van der Waals surface area (Å²) in [6.45, 7) is 7.94. The largest absolute Gasteiger partial charge is 0.444 e. The molecule has 0 saturated carbocycles. The molecule has 0 saturated heterocycles. The number of aryl methyl sites for hydroxylation is 1. The maximum atomic E-state index is 12.5. The van der Waals surface area contributed by atoms with E-state index in [-0.39, 0.29) is 12.0 Å². The zero-order chi connectivity index (χ0) is 20.5. The van der Waals surface area contributed by atoms with Crippen LogP contribution < -0.4 is 4.90 Å². The maximum absolute atomic E-state index is 12.5. The van der Waals surface area contributed by atoms with Gasteiger partial charge in [-0.05, 0) is 72.7 Å². The van der Waals surface area contributed by atoms with Crippen LogP contribution in [-0.2, 0) is 33.5 Å².